The Labute approximate surface area is 122 Å². The quantitative estimate of drug-likeness (QED) is 0.800. The normalized spacial score (nSPS) is 11.3. The summed E-state index contributed by atoms with van der Waals surface area (Å²) < 4.78 is 7.41. The van der Waals surface area contributed by atoms with Gasteiger partial charge < -0.3 is 9.73 Å². The second kappa shape index (κ2) is 5.31. The Morgan fingerprint density at radius 3 is 2.85 bits per heavy atom. The Bertz CT molecular complexity index is 745. The molecule has 0 fully saturated rings. The molecule has 0 bridgehead atoms. The van der Waals surface area contributed by atoms with Crippen molar-refractivity contribution in [3.63, 3.8) is 0 Å². The third-order valence-electron chi connectivity index (χ3n) is 3.60. The van der Waals surface area contributed by atoms with E-state index in [0.717, 1.165) is 23.1 Å². The van der Waals surface area contributed by atoms with Crippen LogP contribution in [-0.4, -0.2) is 9.78 Å². The Morgan fingerprint density at radius 1 is 1.30 bits per heavy atom. The van der Waals surface area contributed by atoms with E-state index in [-0.39, 0.29) is 0 Å². The molecule has 0 aliphatic rings. The van der Waals surface area contributed by atoms with Gasteiger partial charge in [-0.1, -0.05) is 18.2 Å². The lowest BCUT2D eigenvalue weighted by Crippen LogP contribution is -2.13. The van der Waals surface area contributed by atoms with Gasteiger partial charge in [0.2, 0.25) is 0 Å². The smallest absolute Gasteiger partial charge is 0.199 e. The molecule has 5 heteroatoms. The van der Waals surface area contributed by atoms with E-state index in [4.69, 9.17) is 16.0 Å². The van der Waals surface area contributed by atoms with Crippen LogP contribution in [0, 0.1) is 6.92 Å². The van der Waals surface area contributed by atoms with Gasteiger partial charge in [-0.25, -0.2) is 0 Å². The largest absolute Gasteiger partial charge is 0.444 e. The SMILES string of the molecule is Cc1c(CNCc2c(Cl)oc3ccccc23)cnn1C. The number of benzene rings is 1. The Balaban J connectivity index is 1.74. The highest BCUT2D eigenvalue weighted by Crippen LogP contribution is 2.29. The molecule has 104 valence electrons. The molecule has 0 spiro atoms. The predicted octanol–water partition coefficient (Wildman–Crippen LogP) is 3.42. The Hall–Kier alpha value is -1.78. The lowest BCUT2D eigenvalue weighted by molar-refractivity contribution is 0.604. The number of para-hydroxylation sites is 1. The average molecular weight is 290 g/mol. The first-order valence-electron chi connectivity index (χ1n) is 6.51. The van der Waals surface area contributed by atoms with Crippen molar-refractivity contribution in [1.82, 2.24) is 15.1 Å². The zero-order valence-electron chi connectivity index (χ0n) is 11.5. The summed E-state index contributed by atoms with van der Waals surface area (Å²) >= 11 is 6.16. The molecule has 0 saturated heterocycles. The zero-order valence-corrected chi connectivity index (χ0v) is 12.2. The van der Waals surface area contributed by atoms with Crippen molar-refractivity contribution in [2.24, 2.45) is 7.05 Å². The van der Waals surface area contributed by atoms with Crippen molar-refractivity contribution >= 4 is 22.6 Å². The van der Waals surface area contributed by atoms with Gasteiger partial charge in [-0.15, -0.1) is 0 Å². The van der Waals surface area contributed by atoms with Crippen LogP contribution in [0.4, 0.5) is 0 Å². The molecule has 20 heavy (non-hydrogen) atoms. The van der Waals surface area contributed by atoms with E-state index in [0.29, 0.717) is 11.8 Å². The molecule has 3 rings (SSSR count). The standard InChI is InChI=1S/C15H16ClN3O/c1-10-11(8-18-19(10)2)7-17-9-13-12-5-3-4-6-14(12)20-15(13)16/h3-6,8,17H,7,9H2,1-2H3. The minimum atomic E-state index is 0.460. The monoisotopic (exact) mass is 289 g/mol. The fourth-order valence-electron chi connectivity index (χ4n) is 2.27. The van der Waals surface area contributed by atoms with Gasteiger partial charge in [-0.3, -0.25) is 4.68 Å². The highest BCUT2D eigenvalue weighted by Gasteiger charge is 2.11. The van der Waals surface area contributed by atoms with E-state index in [2.05, 4.69) is 17.3 Å². The van der Waals surface area contributed by atoms with Crippen LogP contribution in [0.3, 0.4) is 0 Å². The van der Waals surface area contributed by atoms with Gasteiger partial charge in [-0.05, 0) is 24.6 Å². The predicted molar refractivity (Wildman–Crippen MR) is 79.7 cm³/mol. The molecule has 0 radical (unpaired) electrons. The van der Waals surface area contributed by atoms with Gasteiger partial charge in [0.1, 0.15) is 5.58 Å². The fourth-order valence-corrected chi connectivity index (χ4v) is 2.53. The molecule has 3 aromatic rings. The van der Waals surface area contributed by atoms with E-state index >= 15 is 0 Å². The number of nitrogens with one attached hydrogen (secondary N) is 1. The van der Waals surface area contributed by atoms with Gasteiger partial charge >= 0.3 is 0 Å². The summed E-state index contributed by atoms with van der Waals surface area (Å²) in [5.41, 5.74) is 4.19. The van der Waals surface area contributed by atoms with Gasteiger partial charge in [0.05, 0.1) is 6.20 Å². The lowest BCUT2D eigenvalue weighted by Gasteiger charge is -2.04. The number of halogens is 1. The maximum absolute atomic E-state index is 6.16. The number of aromatic nitrogens is 2. The van der Waals surface area contributed by atoms with E-state index in [1.165, 1.54) is 11.3 Å². The summed E-state index contributed by atoms with van der Waals surface area (Å²) in [7, 11) is 1.94. The first kappa shape index (κ1) is 13.2. The van der Waals surface area contributed by atoms with Crippen LogP contribution in [0.5, 0.6) is 0 Å². The number of hydrogen-bond acceptors (Lipinski definition) is 3. The van der Waals surface area contributed by atoms with Crippen LogP contribution in [0.2, 0.25) is 5.22 Å². The molecule has 2 heterocycles. The third-order valence-corrected chi connectivity index (χ3v) is 3.91. The fraction of sp³-hybridized carbons (Fsp3) is 0.267. The molecule has 0 atom stereocenters. The highest BCUT2D eigenvalue weighted by atomic mass is 35.5. The Kier molecular flexibility index (Phi) is 3.51. The van der Waals surface area contributed by atoms with Gasteiger partial charge in [-0.2, -0.15) is 5.10 Å². The third kappa shape index (κ3) is 2.32. The number of aryl methyl sites for hydroxylation is 1. The van der Waals surface area contributed by atoms with Crippen LogP contribution in [-0.2, 0) is 20.1 Å². The minimum absolute atomic E-state index is 0.460. The van der Waals surface area contributed by atoms with Crippen LogP contribution >= 0.6 is 11.6 Å². The van der Waals surface area contributed by atoms with Crippen LogP contribution in [0.25, 0.3) is 11.0 Å². The van der Waals surface area contributed by atoms with Gasteiger partial charge in [0.15, 0.2) is 5.22 Å². The number of hydrogen-bond donors (Lipinski definition) is 1. The molecule has 1 N–H and O–H groups in total. The average Bonchev–Trinajstić information content (AvgIpc) is 2.93. The molecule has 1 aromatic carbocycles. The van der Waals surface area contributed by atoms with Crippen LogP contribution in [0.15, 0.2) is 34.9 Å². The molecule has 0 saturated carbocycles. The first-order valence-corrected chi connectivity index (χ1v) is 6.88. The second-order valence-electron chi connectivity index (χ2n) is 4.83. The zero-order chi connectivity index (χ0) is 14.1. The molecule has 2 aromatic heterocycles. The first-order chi connectivity index (χ1) is 9.66. The van der Waals surface area contributed by atoms with Crippen molar-refractivity contribution in [2.75, 3.05) is 0 Å². The number of furan rings is 1. The molecular formula is C15H16ClN3O. The summed E-state index contributed by atoms with van der Waals surface area (Å²) in [6.07, 6.45) is 1.89. The Morgan fingerprint density at radius 2 is 2.10 bits per heavy atom. The maximum Gasteiger partial charge on any atom is 0.199 e. The number of nitrogens with zero attached hydrogens (tertiary/aromatic N) is 2. The summed E-state index contributed by atoms with van der Waals surface area (Å²) in [4.78, 5) is 0. The molecular weight excluding hydrogens is 274 g/mol. The molecule has 0 aliphatic carbocycles. The van der Waals surface area contributed by atoms with Crippen molar-refractivity contribution in [3.8, 4) is 0 Å². The lowest BCUT2D eigenvalue weighted by atomic mass is 10.1. The summed E-state index contributed by atoms with van der Waals surface area (Å²) in [6.45, 7) is 3.49. The number of fused-ring (bicyclic) bond motifs is 1. The van der Waals surface area contributed by atoms with Gasteiger partial charge in [0.25, 0.3) is 0 Å². The van der Waals surface area contributed by atoms with Crippen molar-refractivity contribution in [3.05, 3.63) is 52.5 Å². The summed E-state index contributed by atoms with van der Waals surface area (Å²) in [5.74, 6) is 0. The summed E-state index contributed by atoms with van der Waals surface area (Å²) in [5, 5.41) is 9.15. The molecule has 0 amide bonds. The van der Waals surface area contributed by atoms with E-state index in [9.17, 15) is 0 Å². The molecule has 4 nitrogen and oxygen atoms in total. The minimum Gasteiger partial charge on any atom is -0.444 e. The van der Waals surface area contributed by atoms with E-state index < -0.39 is 0 Å². The topological polar surface area (TPSA) is 43.0 Å². The van der Waals surface area contributed by atoms with Crippen LogP contribution in [0.1, 0.15) is 16.8 Å². The summed E-state index contributed by atoms with van der Waals surface area (Å²) in [6, 6.07) is 7.88. The molecule has 0 unspecified atom stereocenters. The maximum atomic E-state index is 6.16. The van der Waals surface area contributed by atoms with E-state index in [1.54, 1.807) is 0 Å². The second-order valence-corrected chi connectivity index (χ2v) is 5.18. The number of rotatable bonds is 4. The van der Waals surface area contributed by atoms with E-state index in [1.807, 2.05) is 42.2 Å². The van der Waals surface area contributed by atoms with Crippen molar-refractivity contribution in [2.45, 2.75) is 20.0 Å². The van der Waals surface area contributed by atoms with Crippen molar-refractivity contribution < 1.29 is 4.42 Å². The van der Waals surface area contributed by atoms with Crippen molar-refractivity contribution in [1.29, 1.82) is 0 Å². The highest BCUT2D eigenvalue weighted by molar-refractivity contribution is 6.30. The van der Waals surface area contributed by atoms with Crippen LogP contribution < -0.4 is 5.32 Å². The van der Waals surface area contributed by atoms with Gasteiger partial charge in [0, 0.05) is 42.3 Å². The molecule has 0 aliphatic heterocycles.